The van der Waals surface area contributed by atoms with Gasteiger partial charge >= 0.3 is 18.0 Å². The van der Waals surface area contributed by atoms with Crippen molar-refractivity contribution >= 4 is 18.0 Å². The molecule has 7 nitrogen and oxygen atoms in total. The molecule has 0 fully saturated rings. The number of rotatable bonds is 16. The van der Waals surface area contributed by atoms with Gasteiger partial charge in [-0.1, -0.05) is 68.9 Å². The van der Waals surface area contributed by atoms with Crippen LogP contribution in [0.25, 0.3) is 0 Å². The monoisotopic (exact) mass is 387 g/mol. The van der Waals surface area contributed by atoms with Crippen LogP contribution in [-0.4, -0.2) is 36.4 Å². The first-order valence-corrected chi connectivity index (χ1v) is 11.5. The smallest absolute Gasteiger partial charge is 0.305 e. The summed E-state index contributed by atoms with van der Waals surface area (Å²) in [7, 11) is -3.48. The molecule has 9 heteroatoms. The molecule has 0 amide bonds. The van der Waals surface area contributed by atoms with E-state index < -0.39 is 18.0 Å². The molecule has 0 saturated carbocycles. The van der Waals surface area contributed by atoms with E-state index in [-0.39, 0.29) is 6.61 Å². The highest BCUT2D eigenvalue weighted by molar-refractivity contribution is 7.88. The number of hydrogen-bond donors (Lipinski definition) is 0. The molecule has 0 unspecified atom stereocenters. The molecule has 0 heterocycles. The standard InChI is InChI=1S/C15H34NO6PS/c1-5-6-7-8-9-10-11-12-13-14-15-22-24(17,18)16-23(19-2,20-3)21-4/h5-15H2,1-4H3. The van der Waals surface area contributed by atoms with Gasteiger partial charge in [-0.05, 0) is 6.42 Å². The third-order valence-corrected chi connectivity index (χ3v) is 7.07. The third kappa shape index (κ3) is 11.6. The summed E-state index contributed by atoms with van der Waals surface area (Å²) in [6, 6.07) is 0. The SMILES string of the molecule is CCCCCCCCCCCCOS(=O)(=O)N=P(OC)(OC)OC. The summed E-state index contributed by atoms with van der Waals surface area (Å²) in [4.78, 5) is 0. The zero-order chi connectivity index (χ0) is 18.3. The van der Waals surface area contributed by atoms with Crippen molar-refractivity contribution in [2.24, 2.45) is 4.15 Å². The van der Waals surface area contributed by atoms with E-state index in [0.717, 1.165) is 12.8 Å². The predicted molar refractivity (Wildman–Crippen MR) is 97.1 cm³/mol. The summed E-state index contributed by atoms with van der Waals surface area (Å²) >= 11 is 0. The summed E-state index contributed by atoms with van der Waals surface area (Å²) < 4.78 is 46.7. The van der Waals surface area contributed by atoms with Crippen molar-refractivity contribution in [2.75, 3.05) is 27.9 Å². The molecule has 0 spiro atoms. The molecule has 0 aliphatic heterocycles. The van der Waals surface area contributed by atoms with Crippen LogP contribution >= 0.6 is 7.74 Å². The maximum atomic E-state index is 11.8. The lowest BCUT2D eigenvalue weighted by Crippen LogP contribution is -2.05. The highest BCUT2D eigenvalue weighted by atomic mass is 32.2. The molecule has 0 bridgehead atoms. The van der Waals surface area contributed by atoms with Crippen LogP contribution in [0.15, 0.2) is 4.15 Å². The Hall–Kier alpha value is 0.0200. The number of nitrogens with zero attached hydrogens (tertiary/aromatic N) is 1. The highest BCUT2D eigenvalue weighted by Gasteiger charge is 2.24. The lowest BCUT2D eigenvalue weighted by atomic mass is 10.1. The molecule has 0 rings (SSSR count). The van der Waals surface area contributed by atoms with E-state index in [1.807, 2.05) is 0 Å². The quantitative estimate of drug-likeness (QED) is 0.272. The van der Waals surface area contributed by atoms with Gasteiger partial charge in [-0.3, -0.25) is 4.18 Å². The molecule has 0 aliphatic carbocycles. The van der Waals surface area contributed by atoms with Crippen LogP contribution < -0.4 is 0 Å². The van der Waals surface area contributed by atoms with Crippen LogP contribution in [0, 0.1) is 0 Å². The second-order valence-corrected chi connectivity index (χ2v) is 9.31. The molecule has 0 atom stereocenters. The molecule has 0 aliphatic rings. The van der Waals surface area contributed by atoms with Gasteiger partial charge in [0.2, 0.25) is 0 Å². The minimum absolute atomic E-state index is 0.111. The van der Waals surface area contributed by atoms with Crippen molar-refractivity contribution in [3.63, 3.8) is 0 Å². The van der Waals surface area contributed by atoms with Gasteiger partial charge in [-0.25, -0.2) is 0 Å². The van der Waals surface area contributed by atoms with Gasteiger partial charge in [0.1, 0.15) is 0 Å². The van der Waals surface area contributed by atoms with Gasteiger partial charge in [0, 0.05) is 21.3 Å². The molecule has 0 aromatic heterocycles. The van der Waals surface area contributed by atoms with Gasteiger partial charge in [-0.15, -0.1) is 0 Å². The summed E-state index contributed by atoms with van der Waals surface area (Å²) in [5.74, 6) is 0. The van der Waals surface area contributed by atoms with Crippen LogP contribution in [0.2, 0.25) is 0 Å². The van der Waals surface area contributed by atoms with Gasteiger partial charge < -0.3 is 13.6 Å². The lowest BCUT2D eigenvalue weighted by molar-refractivity contribution is 0.224. The van der Waals surface area contributed by atoms with Gasteiger partial charge in [0.15, 0.2) is 0 Å². The maximum absolute atomic E-state index is 11.8. The van der Waals surface area contributed by atoms with E-state index in [4.69, 9.17) is 17.8 Å². The van der Waals surface area contributed by atoms with Crippen molar-refractivity contribution in [1.82, 2.24) is 0 Å². The van der Waals surface area contributed by atoms with Crippen molar-refractivity contribution in [2.45, 2.75) is 71.1 Å². The van der Waals surface area contributed by atoms with Crippen LogP contribution in [0.4, 0.5) is 0 Å². The Morgan fingerprint density at radius 1 is 0.750 bits per heavy atom. The fourth-order valence-corrected chi connectivity index (χ4v) is 4.97. The first-order valence-electron chi connectivity index (χ1n) is 8.65. The Morgan fingerprint density at radius 2 is 1.17 bits per heavy atom. The fourth-order valence-electron chi connectivity index (χ4n) is 2.22. The normalized spacial score (nSPS) is 12.5. The Bertz CT molecular complexity index is 436. The van der Waals surface area contributed by atoms with E-state index in [1.54, 1.807) is 0 Å². The number of hydrogen-bond acceptors (Lipinski definition) is 6. The molecule has 0 radical (unpaired) electrons. The van der Waals surface area contributed by atoms with Crippen molar-refractivity contribution in [3.05, 3.63) is 0 Å². The lowest BCUT2D eigenvalue weighted by Gasteiger charge is -2.16. The van der Waals surface area contributed by atoms with Gasteiger partial charge in [0.25, 0.3) is 0 Å². The summed E-state index contributed by atoms with van der Waals surface area (Å²) in [6.07, 6.45) is 11.7. The molecular weight excluding hydrogens is 353 g/mol. The number of unbranched alkanes of at least 4 members (excludes halogenated alkanes) is 9. The van der Waals surface area contributed by atoms with Gasteiger partial charge in [0.05, 0.1) is 6.61 Å². The molecule has 146 valence electrons. The van der Waals surface area contributed by atoms with Crippen LogP contribution in [0.5, 0.6) is 0 Å². The zero-order valence-electron chi connectivity index (χ0n) is 15.5. The van der Waals surface area contributed by atoms with Crippen molar-refractivity contribution in [1.29, 1.82) is 0 Å². The Labute approximate surface area is 148 Å². The third-order valence-electron chi connectivity index (χ3n) is 3.62. The Kier molecular flexibility index (Phi) is 14.2. The highest BCUT2D eigenvalue weighted by Crippen LogP contribution is 2.51. The molecule has 0 aromatic rings. The Morgan fingerprint density at radius 3 is 1.58 bits per heavy atom. The topological polar surface area (TPSA) is 83.4 Å². The predicted octanol–water partition coefficient (Wildman–Crippen LogP) is 5.05. The second kappa shape index (κ2) is 14.2. The largest absolute Gasteiger partial charge is 0.385 e. The fraction of sp³-hybridized carbons (Fsp3) is 1.00. The van der Waals surface area contributed by atoms with E-state index in [1.165, 1.54) is 66.3 Å². The van der Waals surface area contributed by atoms with Gasteiger partial charge in [-0.2, -0.15) is 8.42 Å². The maximum Gasteiger partial charge on any atom is 0.385 e. The molecule has 24 heavy (non-hydrogen) atoms. The average Bonchev–Trinajstić information content (AvgIpc) is 2.57. The van der Waals surface area contributed by atoms with Crippen LogP contribution in [0.3, 0.4) is 0 Å². The minimum atomic E-state index is -4.09. The van der Waals surface area contributed by atoms with Crippen molar-refractivity contribution < 1.29 is 26.2 Å². The molecule has 0 aromatic carbocycles. The zero-order valence-corrected chi connectivity index (χ0v) is 17.2. The summed E-state index contributed by atoms with van der Waals surface area (Å²) in [6.45, 7) is 2.33. The summed E-state index contributed by atoms with van der Waals surface area (Å²) in [5, 5.41) is 0. The first-order chi connectivity index (χ1) is 11.4. The average molecular weight is 387 g/mol. The van der Waals surface area contributed by atoms with E-state index >= 15 is 0 Å². The van der Waals surface area contributed by atoms with E-state index in [2.05, 4.69) is 11.1 Å². The molecule has 0 saturated heterocycles. The van der Waals surface area contributed by atoms with Crippen LogP contribution in [0.1, 0.15) is 71.1 Å². The Balaban J connectivity index is 3.86. The molecule has 0 N–H and O–H groups in total. The second-order valence-electron chi connectivity index (χ2n) is 5.53. The van der Waals surface area contributed by atoms with E-state index in [9.17, 15) is 8.42 Å². The van der Waals surface area contributed by atoms with Crippen molar-refractivity contribution in [3.8, 4) is 0 Å². The molecular formula is C15H34NO6PS. The summed E-state index contributed by atoms with van der Waals surface area (Å²) in [5.41, 5.74) is 0. The van der Waals surface area contributed by atoms with Crippen LogP contribution in [-0.2, 0) is 28.1 Å². The minimum Gasteiger partial charge on any atom is -0.305 e. The first kappa shape index (κ1) is 24.0. The van der Waals surface area contributed by atoms with E-state index in [0.29, 0.717) is 6.42 Å².